The normalized spacial score (nSPS) is 18.2. The number of nitrogens with zero attached hydrogens (tertiary/aromatic N) is 5. The molecule has 1 fully saturated rings. The molecule has 1 aliphatic heterocycles. The Morgan fingerprint density at radius 3 is 2.63 bits per heavy atom. The fraction of sp³-hybridized carbons (Fsp3) is 0.292. The highest BCUT2D eigenvalue weighted by atomic mass is 19.1. The molecule has 0 aliphatic carbocycles. The van der Waals surface area contributed by atoms with Crippen molar-refractivity contribution < 1.29 is 14.0 Å². The van der Waals surface area contributed by atoms with Gasteiger partial charge < -0.3 is 21.3 Å². The summed E-state index contributed by atoms with van der Waals surface area (Å²) in [5, 5.41) is 11.5. The Bertz CT molecular complexity index is 1470. The number of fused-ring (bicyclic) bond motifs is 2. The Hall–Kier alpha value is -4.12. The van der Waals surface area contributed by atoms with Gasteiger partial charge in [0.2, 0.25) is 5.82 Å². The third-order valence-electron chi connectivity index (χ3n) is 6.03. The first-order chi connectivity index (χ1) is 16.7. The van der Waals surface area contributed by atoms with E-state index in [1.807, 2.05) is 6.07 Å². The van der Waals surface area contributed by atoms with E-state index in [1.165, 1.54) is 16.9 Å². The van der Waals surface area contributed by atoms with Gasteiger partial charge in [-0.1, -0.05) is 0 Å². The number of carbonyl (C=O) groups excluding carboxylic acids is 2. The number of hydrogen-bond donors (Lipinski definition) is 3. The predicted molar refractivity (Wildman–Crippen MR) is 131 cm³/mol. The first-order valence-corrected chi connectivity index (χ1v) is 11.2. The number of carbonyl (C=O) groups is 2. The number of benzene rings is 2. The van der Waals surface area contributed by atoms with Crippen LogP contribution in [0.4, 0.5) is 15.8 Å². The molecule has 5 rings (SSSR count). The van der Waals surface area contributed by atoms with Crippen molar-refractivity contribution in [3.8, 4) is 0 Å². The molecular weight excluding hydrogens is 451 g/mol. The lowest BCUT2D eigenvalue weighted by molar-refractivity contribution is 0.0987. The van der Waals surface area contributed by atoms with Crippen molar-refractivity contribution >= 4 is 45.0 Å². The van der Waals surface area contributed by atoms with Gasteiger partial charge in [0.1, 0.15) is 5.52 Å². The molecule has 3 heterocycles. The molecule has 10 nitrogen and oxygen atoms in total. The van der Waals surface area contributed by atoms with E-state index in [9.17, 15) is 14.0 Å². The van der Waals surface area contributed by atoms with E-state index in [2.05, 4.69) is 44.4 Å². The number of anilines is 2. The third kappa shape index (κ3) is 4.26. The summed E-state index contributed by atoms with van der Waals surface area (Å²) in [5.74, 6) is -2.02. The molecule has 4 N–H and O–H groups in total. The molecule has 0 radical (unpaired) electrons. The Morgan fingerprint density at radius 1 is 1.17 bits per heavy atom. The highest BCUT2D eigenvalue weighted by molar-refractivity contribution is 6.14. The number of amides is 2. The summed E-state index contributed by atoms with van der Waals surface area (Å²) in [5.41, 5.74) is 7.28. The van der Waals surface area contributed by atoms with E-state index in [4.69, 9.17) is 5.73 Å². The van der Waals surface area contributed by atoms with Crippen molar-refractivity contribution in [1.29, 1.82) is 0 Å². The van der Waals surface area contributed by atoms with Gasteiger partial charge in [-0.05, 0) is 38.1 Å². The summed E-state index contributed by atoms with van der Waals surface area (Å²) in [6.07, 6.45) is 3.19. The SMILES string of the molecule is CC1CN(c2ccc(C(=O)Nc3cc(F)c4nn(C)cc4c3)c3nc(C(N)=O)ncc23)CC(C)N1. The van der Waals surface area contributed by atoms with E-state index in [0.29, 0.717) is 16.3 Å². The van der Waals surface area contributed by atoms with Crippen molar-refractivity contribution in [2.45, 2.75) is 25.9 Å². The van der Waals surface area contributed by atoms with E-state index in [1.54, 1.807) is 25.4 Å². The molecule has 180 valence electrons. The van der Waals surface area contributed by atoms with Gasteiger partial charge in [-0.3, -0.25) is 14.3 Å². The number of nitrogens with one attached hydrogen (secondary N) is 2. The molecular formula is C24H25FN8O2. The minimum Gasteiger partial charge on any atom is -0.368 e. The minimum absolute atomic E-state index is 0.187. The molecule has 1 saturated heterocycles. The standard InChI is InChI=1S/C24H25FN8O2/c1-12-9-33(10-13(2)28-12)19-5-4-16(21-17(19)8-27-23(30-21)22(26)34)24(35)29-15-6-14-11-32(3)31-20(14)18(25)7-15/h4-8,11-13,28H,9-10H2,1-3H3,(H2,26,34)(H,29,35). The molecule has 1 aliphatic rings. The fourth-order valence-corrected chi connectivity index (χ4v) is 4.69. The van der Waals surface area contributed by atoms with Crippen molar-refractivity contribution in [3.05, 3.63) is 53.9 Å². The van der Waals surface area contributed by atoms with Crippen LogP contribution in [0.5, 0.6) is 0 Å². The summed E-state index contributed by atoms with van der Waals surface area (Å²) in [4.78, 5) is 35.7. The lowest BCUT2D eigenvalue weighted by Crippen LogP contribution is -2.54. The second kappa shape index (κ2) is 8.58. The molecule has 0 saturated carbocycles. The molecule has 11 heteroatoms. The average molecular weight is 477 g/mol. The number of aryl methyl sites for hydroxylation is 1. The summed E-state index contributed by atoms with van der Waals surface area (Å²) < 4.78 is 16.0. The summed E-state index contributed by atoms with van der Waals surface area (Å²) >= 11 is 0. The minimum atomic E-state index is -0.794. The van der Waals surface area contributed by atoms with Gasteiger partial charge in [0.15, 0.2) is 5.82 Å². The largest absolute Gasteiger partial charge is 0.368 e. The summed E-state index contributed by atoms with van der Waals surface area (Å²) in [7, 11) is 1.70. The van der Waals surface area contributed by atoms with E-state index >= 15 is 0 Å². The highest BCUT2D eigenvalue weighted by Gasteiger charge is 2.25. The summed E-state index contributed by atoms with van der Waals surface area (Å²) in [6, 6.07) is 6.89. The van der Waals surface area contributed by atoms with Gasteiger partial charge >= 0.3 is 0 Å². The van der Waals surface area contributed by atoms with Crippen LogP contribution in [0.1, 0.15) is 34.8 Å². The summed E-state index contributed by atoms with van der Waals surface area (Å²) in [6.45, 7) is 5.72. The number of rotatable bonds is 4. The zero-order valence-electron chi connectivity index (χ0n) is 19.5. The molecule has 2 amide bonds. The van der Waals surface area contributed by atoms with Crippen LogP contribution < -0.4 is 21.3 Å². The number of hydrogen-bond acceptors (Lipinski definition) is 7. The van der Waals surface area contributed by atoms with Gasteiger partial charge in [-0.15, -0.1) is 0 Å². The van der Waals surface area contributed by atoms with Crippen molar-refractivity contribution in [2.24, 2.45) is 12.8 Å². The first kappa shape index (κ1) is 22.7. The first-order valence-electron chi connectivity index (χ1n) is 11.2. The van der Waals surface area contributed by atoms with Crippen LogP contribution in [0.3, 0.4) is 0 Å². The Morgan fingerprint density at radius 2 is 1.91 bits per heavy atom. The quantitative estimate of drug-likeness (QED) is 0.411. The van der Waals surface area contributed by atoms with Gasteiger partial charge in [-0.25, -0.2) is 14.4 Å². The smallest absolute Gasteiger partial charge is 0.286 e. The zero-order valence-corrected chi connectivity index (χ0v) is 19.5. The Balaban J connectivity index is 1.57. The number of halogens is 1. The number of nitrogens with two attached hydrogens (primary N) is 1. The third-order valence-corrected chi connectivity index (χ3v) is 6.03. The molecule has 2 aromatic heterocycles. The van der Waals surface area contributed by atoms with Crippen LogP contribution in [0.15, 0.2) is 36.7 Å². The molecule has 0 bridgehead atoms. The molecule has 2 aromatic carbocycles. The Labute approximate surface area is 200 Å². The van der Waals surface area contributed by atoms with Crippen LogP contribution in [-0.4, -0.2) is 56.7 Å². The molecule has 2 unspecified atom stereocenters. The van der Waals surface area contributed by atoms with Crippen molar-refractivity contribution in [2.75, 3.05) is 23.3 Å². The predicted octanol–water partition coefficient (Wildman–Crippen LogP) is 2.19. The number of piperazine rings is 1. The van der Waals surface area contributed by atoms with Gasteiger partial charge in [0.25, 0.3) is 11.8 Å². The maximum Gasteiger partial charge on any atom is 0.286 e. The number of aromatic nitrogens is 4. The monoisotopic (exact) mass is 476 g/mol. The lowest BCUT2D eigenvalue weighted by Gasteiger charge is -2.38. The van der Waals surface area contributed by atoms with Crippen LogP contribution in [0.25, 0.3) is 21.8 Å². The van der Waals surface area contributed by atoms with Crippen LogP contribution in [0, 0.1) is 5.82 Å². The average Bonchev–Trinajstić information content (AvgIpc) is 3.18. The van der Waals surface area contributed by atoms with Crippen LogP contribution >= 0.6 is 0 Å². The van der Waals surface area contributed by atoms with E-state index in [-0.39, 0.29) is 34.7 Å². The van der Waals surface area contributed by atoms with Gasteiger partial charge in [0, 0.05) is 66.8 Å². The van der Waals surface area contributed by atoms with E-state index < -0.39 is 17.6 Å². The lowest BCUT2D eigenvalue weighted by atomic mass is 10.0. The molecule has 0 spiro atoms. The zero-order chi connectivity index (χ0) is 24.9. The molecule has 4 aromatic rings. The Kier molecular flexibility index (Phi) is 5.56. The maximum absolute atomic E-state index is 14.5. The topological polar surface area (TPSA) is 131 Å². The van der Waals surface area contributed by atoms with Gasteiger partial charge in [0.05, 0.1) is 11.1 Å². The fourth-order valence-electron chi connectivity index (χ4n) is 4.69. The van der Waals surface area contributed by atoms with Crippen molar-refractivity contribution in [3.63, 3.8) is 0 Å². The van der Waals surface area contributed by atoms with Crippen LogP contribution in [0.2, 0.25) is 0 Å². The number of primary amides is 1. The second-order valence-corrected chi connectivity index (χ2v) is 8.98. The molecule has 2 atom stereocenters. The van der Waals surface area contributed by atoms with Gasteiger partial charge in [-0.2, -0.15) is 5.10 Å². The van der Waals surface area contributed by atoms with Crippen molar-refractivity contribution in [1.82, 2.24) is 25.1 Å². The molecule has 35 heavy (non-hydrogen) atoms. The van der Waals surface area contributed by atoms with Crippen LogP contribution in [-0.2, 0) is 7.05 Å². The second-order valence-electron chi connectivity index (χ2n) is 8.98. The maximum atomic E-state index is 14.5. The highest BCUT2D eigenvalue weighted by Crippen LogP contribution is 2.30. The van der Waals surface area contributed by atoms with E-state index in [0.717, 1.165) is 18.8 Å².